The summed E-state index contributed by atoms with van der Waals surface area (Å²) in [7, 11) is 0. The quantitative estimate of drug-likeness (QED) is 0.272. The highest BCUT2D eigenvalue weighted by atomic mass is 35.5. The van der Waals surface area contributed by atoms with Crippen molar-refractivity contribution in [1.82, 2.24) is 10.6 Å². The predicted molar refractivity (Wildman–Crippen MR) is 106 cm³/mol. The third-order valence-electron chi connectivity index (χ3n) is 4.32. The average molecular weight is 424 g/mol. The molecule has 2 amide bonds. The predicted octanol–water partition coefficient (Wildman–Crippen LogP) is 2.53. The first-order valence-corrected chi connectivity index (χ1v) is 9.57. The van der Waals surface area contributed by atoms with Crippen molar-refractivity contribution in [3.05, 3.63) is 50.5 Å². The van der Waals surface area contributed by atoms with Crippen LogP contribution in [0.3, 0.4) is 0 Å². The number of hydrogen-bond donors (Lipinski definition) is 2. The highest BCUT2D eigenvalue weighted by Gasteiger charge is 2.17. The second-order valence-corrected chi connectivity index (χ2v) is 6.88. The lowest BCUT2D eigenvalue weighted by Crippen LogP contribution is -2.34. The molecule has 0 radical (unpaired) electrons. The van der Waals surface area contributed by atoms with Crippen molar-refractivity contribution in [2.45, 2.75) is 32.1 Å². The minimum atomic E-state index is -0.799. The third-order valence-corrected chi connectivity index (χ3v) is 4.64. The van der Waals surface area contributed by atoms with Gasteiger partial charge in [0.15, 0.2) is 6.61 Å². The zero-order valence-corrected chi connectivity index (χ0v) is 16.5. The van der Waals surface area contributed by atoms with Gasteiger partial charge in [0.25, 0.3) is 17.5 Å². The first-order chi connectivity index (χ1) is 13.9. The molecule has 156 valence electrons. The number of benzene rings is 1. The number of nitro benzene ring substituents is 1. The Morgan fingerprint density at radius 1 is 1.21 bits per heavy atom. The maximum absolute atomic E-state index is 12.0. The molecule has 1 aromatic carbocycles. The average Bonchev–Trinajstić information content (AvgIpc) is 2.71. The summed E-state index contributed by atoms with van der Waals surface area (Å²) in [5, 5.41) is 15.7. The Kier molecular flexibility index (Phi) is 8.60. The van der Waals surface area contributed by atoms with E-state index in [1.54, 1.807) is 0 Å². The van der Waals surface area contributed by atoms with Crippen LogP contribution in [0.4, 0.5) is 5.69 Å². The summed E-state index contributed by atoms with van der Waals surface area (Å²) in [6.07, 6.45) is 7.50. The van der Waals surface area contributed by atoms with Gasteiger partial charge in [-0.25, -0.2) is 0 Å². The molecule has 0 saturated heterocycles. The van der Waals surface area contributed by atoms with E-state index in [9.17, 15) is 24.5 Å². The Bertz CT molecular complexity index is 824. The van der Waals surface area contributed by atoms with E-state index in [0.29, 0.717) is 6.54 Å². The number of carbonyl (C=O) groups excluding carboxylic acids is 3. The maximum Gasteiger partial charge on any atom is 0.325 e. The smallest absolute Gasteiger partial charge is 0.325 e. The van der Waals surface area contributed by atoms with Crippen molar-refractivity contribution in [2.75, 3.05) is 19.7 Å². The fraction of sp³-hybridized carbons (Fsp3) is 0.421. The van der Waals surface area contributed by atoms with E-state index < -0.39 is 41.5 Å². The molecule has 0 atom stereocenters. The standard InChI is InChI=1S/C19H22ClN3O6/c20-15-7-6-14(10-16(15)23(27)28)19(26)22-11-18(25)29-12-17(24)21-9-8-13-4-2-1-3-5-13/h4,6-7,10H,1-3,5,8-9,11-12H2,(H,21,24)(H,22,26). The number of rotatable bonds is 9. The molecule has 0 unspecified atom stereocenters. The van der Waals surface area contributed by atoms with Gasteiger partial charge in [0.2, 0.25) is 0 Å². The van der Waals surface area contributed by atoms with Gasteiger partial charge in [0.05, 0.1) is 4.92 Å². The second-order valence-electron chi connectivity index (χ2n) is 6.47. The number of allylic oxidation sites excluding steroid dienone is 1. The number of esters is 1. The van der Waals surface area contributed by atoms with Gasteiger partial charge < -0.3 is 15.4 Å². The molecule has 0 fully saturated rings. The SMILES string of the molecule is O=C(COC(=O)CNC(=O)c1ccc(Cl)c([N+](=O)[O-])c1)NCCC1=CCCCC1. The van der Waals surface area contributed by atoms with Crippen LogP contribution in [-0.4, -0.2) is 42.4 Å². The summed E-state index contributed by atoms with van der Waals surface area (Å²) in [6, 6.07) is 3.53. The number of amides is 2. The topological polar surface area (TPSA) is 128 Å². The van der Waals surface area contributed by atoms with Gasteiger partial charge in [-0.15, -0.1) is 0 Å². The van der Waals surface area contributed by atoms with Gasteiger partial charge in [-0.3, -0.25) is 24.5 Å². The molecule has 1 aliphatic carbocycles. The molecular weight excluding hydrogens is 402 g/mol. The number of nitrogens with one attached hydrogen (secondary N) is 2. The number of halogens is 1. The fourth-order valence-corrected chi connectivity index (χ4v) is 2.98. The van der Waals surface area contributed by atoms with Crippen LogP contribution < -0.4 is 10.6 Å². The minimum absolute atomic E-state index is 0.0244. The van der Waals surface area contributed by atoms with E-state index >= 15 is 0 Å². The Morgan fingerprint density at radius 3 is 2.69 bits per heavy atom. The summed E-state index contributed by atoms with van der Waals surface area (Å²) in [6.45, 7) is -0.441. The Balaban J connectivity index is 1.68. The van der Waals surface area contributed by atoms with Crippen LogP contribution in [0.5, 0.6) is 0 Å². The lowest BCUT2D eigenvalue weighted by molar-refractivity contribution is -0.384. The Hall–Kier alpha value is -2.94. The lowest BCUT2D eigenvalue weighted by atomic mass is 9.97. The summed E-state index contributed by atoms with van der Waals surface area (Å²) in [4.78, 5) is 45.5. The largest absolute Gasteiger partial charge is 0.454 e. The molecule has 0 aromatic heterocycles. The molecular formula is C19H22ClN3O6. The fourth-order valence-electron chi connectivity index (χ4n) is 2.79. The van der Waals surface area contributed by atoms with Crippen molar-refractivity contribution in [3.63, 3.8) is 0 Å². The third kappa shape index (κ3) is 7.53. The highest BCUT2D eigenvalue weighted by Crippen LogP contribution is 2.25. The second kappa shape index (κ2) is 11.2. The molecule has 1 aliphatic rings. The summed E-state index contributed by atoms with van der Waals surface area (Å²) < 4.78 is 4.80. The van der Waals surface area contributed by atoms with Crippen molar-refractivity contribution in [3.8, 4) is 0 Å². The van der Waals surface area contributed by atoms with E-state index in [0.717, 1.165) is 25.3 Å². The molecule has 2 rings (SSSR count). The van der Waals surface area contributed by atoms with Crippen LogP contribution in [0.25, 0.3) is 0 Å². The molecule has 29 heavy (non-hydrogen) atoms. The van der Waals surface area contributed by atoms with Crippen LogP contribution in [0.1, 0.15) is 42.5 Å². The summed E-state index contributed by atoms with van der Waals surface area (Å²) >= 11 is 5.69. The number of nitrogens with zero attached hydrogens (tertiary/aromatic N) is 1. The molecule has 0 aliphatic heterocycles. The molecule has 1 aromatic rings. The van der Waals surface area contributed by atoms with E-state index in [-0.39, 0.29) is 10.6 Å². The summed E-state index contributed by atoms with van der Waals surface area (Å²) in [5.41, 5.74) is 0.893. The zero-order chi connectivity index (χ0) is 21.2. The number of ether oxygens (including phenoxy) is 1. The maximum atomic E-state index is 12.0. The van der Waals surface area contributed by atoms with Crippen molar-refractivity contribution >= 4 is 35.1 Å². The number of carbonyl (C=O) groups is 3. The summed E-state index contributed by atoms with van der Waals surface area (Å²) in [5.74, 6) is -1.92. The zero-order valence-electron chi connectivity index (χ0n) is 15.7. The van der Waals surface area contributed by atoms with Gasteiger partial charge in [-0.2, -0.15) is 0 Å². The molecule has 0 saturated carbocycles. The van der Waals surface area contributed by atoms with Crippen molar-refractivity contribution in [2.24, 2.45) is 0 Å². The van der Waals surface area contributed by atoms with Gasteiger partial charge >= 0.3 is 5.97 Å². The van der Waals surface area contributed by atoms with Crippen LogP contribution in [0.15, 0.2) is 29.8 Å². The normalized spacial score (nSPS) is 13.2. The van der Waals surface area contributed by atoms with E-state index in [1.807, 2.05) is 0 Å². The molecule has 2 N–H and O–H groups in total. The van der Waals surface area contributed by atoms with Crippen molar-refractivity contribution < 1.29 is 24.0 Å². The molecule has 0 spiro atoms. The molecule has 10 heteroatoms. The molecule has 0 bridgehead atoms. The number of nitro groups is 1. The van der Waals surface area contributed by atoms with E-state index in [1.165, 1.54) is 30.5 Å². The minimum Gasteiger partial charge on any atom is -0.454 e. The van der Waals surface area contributed by atoms with Gasteiger partial charge in [-0.05, 0) is 44.2 Å². The molecule has 0 heterocycles. The van der Waals surface area contributed by atoms with E-state index in [4.69, 9.17) is 16.3 Å². The highest BCUT2D eigenvalue weighted by molar-refractivity contribution is 6.32. The van der Waals surface area contributed by atoms with Crippen LogP contribution in [-0.2, 0) is 14.3 Å². The first-order valence-electron chi connectivity index (χ1n) is 9.19. The van der Waals surface area contributed by atoms with Crippen LogP contribution in [0.2, 0.25) is 5.02 Å². The van der Waals surface area contributed by atoms with Crippen LogP contribution >= 0.6 is 11.6 Å². The van der Waals surface area contributed by atoms with Crippen LogP contribution in [0, 0.1) is 10.1 Å². The monoisotopic (exact) mass is 423 g/mol. The van der Waals surface area contributed by atoms with Crippen molar-refractivity contribution in [1.29, 1.82) is 0 Å². The van der Waals surface area contributed by atoms with E-state index in [2.05, 4.69) is 16.7 Å². The first kappa shape index (κ1) is 22.4. The molecule has 9 nitrogen and oxygen atoms in total. The number of hydrogen-bond acceptors (Lipinski definition) is 6. The Morgan fingerprint density at radius 2 is 2.00 bits per heavy atom. The van der Waals surface area contributed by atoms with Gasteiger partial charge in [0, 0.05) is 18.2 Å². The lowest BCUT2D eigenvalue weighted by Gasteiger charge is -2.13. The van der Waals surface area contributed by atoms with Gasteiger partial charge in [-0.1, -0.05) is 23.3 Å². The Labute approximate surface area is 172 Å². The van der Waals surface area contributed by atoms with Gasteiger partial charge in [0.1, 0.15) is 11.6 Å².